The molecule has 0 saturated heterocycles. The molecule has 0 radical (unpaired) electrons. The molecule has 0 aromatic carbocycles. The van der Waals surface area contributed by atoms with Crippen molar-refractivity contribution in [3.8, 4) is 0 Å². The van der Waals surface area contributed by atoms with E-state index in [-0.39, 0.29) is 5.91 Å². The van der Waals surface area contributed by atoms with Gasteiger partial charge in [0.25, 0.3) is 5.91 Å². The summed E-state index contributed by atoms with van der Waals surface area (Å²) in [6.45, 7) is 2.65. The lowest BCUT2D eigenvalue weighted by Crippen LogP contribution is -2.16. The Bertz CT molecular complexity index is 588. The highest BCUT2D eigenvalue weighted by molar-refractivity contribution is 9.10. The van der Waals surface area contributed by atoms with Crippen molar-refractivity contribution in [2.75, 3.05) is 17.2 Å². The summed E-state index contributed by atoms with van der Waals surface area (Å²) in [5.41, 5.74) is 0.488. The summed E-state index contributed by atoms with van der Waals surface area (Å²) >= 11 is 3.34. The predicted octanol–water partition coefficient (Wildman–Crippen LogP) is 2.92. The summed E-state index contributed by atoms with van der Waals surface area (Å²) in [6.07, 6.45) is 3.26. The Morgan fingerprint density at radius 2 is 1.89 bits per heavy atom. The maximum absolute atomic E-state index is 12.2. The van der Waals surface area contributed by atoms with Crippen molar-refractivity contribution in [1.29, 1.82) is 0 Å². The number of hydrogen-bond acceptors (Lipinski definition) is 4. The van der Waals surface area contributed by atoms with Crippen LogP contribution in [0.1, 0.15) is 17.3 Å². The number of nitrogens with zero attached hydrogens (tertiary/aromatic N) is 2. The maximum Gasteiger partial charge on any atom is 0.260 e. The van der Waals surface area contributed by atoms with Gasteiger partial charge in [-0.1, -0.05) is 0 Å². The minimum absolute atomic E-state index is 0.247. The van der Waals surface area contributed by atoms with E-state index in [1.165, 1.54) is 0 Å². The third-order valence-corrected chi connectivity index (χ3v) is 3.03. The second kappa shape index (κ2) is 6.29. The molecule has 0 aliphatic carbocycles. The molecule has 0 unspecified atom stereocenters. The molecule has 2 aromatic heterocycles. The van der Waals surface area contributed by atoms with Gasteiger partial charge >= 0.3 is 0 Å². The van der Waals surface area contributed by atoms with Gasteiger partial charge in [0.1, 0.15) is 11.6 Å². The van der Waals surface area contributed by atoms with E-state index in [1.807, 2.05) is 13.0 Å². The normalized spacial score (nSPS) is 10.0. The van der Waals surface area contributed by atoms with Gasteiger partial charge in [-0.25, -0.2) is 9.97 Å². The molecule has 98 valence electrons. The van der Waals surface area contributed by atoms with E-state index < -0.39 is 0 Å². The number of aromatic nitrogens is 2. The molecule has 0 bridgehead atoms. The van der Waals surface area contributed by atoms with Gasteiger partial charge in [0.2, 0.25) is 0 Å². The summed E-state index contributed by atoms with van der Waals surface area (Å²) < 4.78 is 0.734. The van der Waals surface area contributed by atoms with Crippen molar-refractivity contribution >= 4 is 33.5 Å². The average molecular weight is 321 g/mol. The van der Waals surface area contributed by atoms with Gasteiger partial charge in [-0.3, -0.25) is 4.79 Å². The number of pyridine rings is 2. The number of amides is 1. The third-order valence-electron chi connectivity index (χ3n) is 2.39. The molecule has 2 N–H and O–H groups in total. The van der Waals surface area contributed by atoms with Gasteiger partial charge in [-0.2, -0.15) is 0 Å². The Morgan fingerprint density at radius 3 is 2.58 bits per heavy atom. The lowest BCUT2D eigenvalue weighted by molar-refractivity contribution is 0.102. The van der Waals surface area contributed by atoms with Crippen LogP contribution >= 0.6 is 15.9 Å². The highest BCUT2D eigenvalue weighted by Gasteiger charge is 2.13. The number of rotatable bonds is 4. The van der Waals surface area contributed by atoms with Gasteiger partial charge < -0.3 is 10.6 Å². The molecule has 0 atom stereocenters. The van der Waals surface area contributed by atoms with E-state index in [1.54, 1.807) is 30.6 Å². The predicted molar refractivity (Wildman–Crippen MR) is 78.3 cm³/mol. The number of nitrogens with one attached hydrogen (secondary N) is 2. The minimum Gasteiger partial charge on any atom is -0.370 e. The van der Waals surface area contributed by atoms with Gasteiger partial charge in [0.15, 0.2) is 0 Å². The Balaban J connectivity index is 2.23. The van der Waals surface area contributed by atoms with Crippen molar-refractivity contribution in [2.45, 2.75) is 6.92 Å². The van der Waals surface area contributed by atoms with Crippen LogP contribution in [-0.2, 0) is 0 Å². The quantitative estimate of drug-likeness (QED) is 0.909. The Morgan fingerprint density at radius 1 is 1.21 bits per heavy atom. The van der Waals surface area contributed by atoms with Crippen molar-refractivity contribution in [3.05, 3.63) is 46.7 Å². The summed E-state index contributed by atoms with van der Waals surface area (Å²) in [7, 11) is 0. The Hall–Kier alpha value is -1.95. The molecule has 0 saturated carbocycles. The van der Waals surface area contributed by atoms with Crippen molar-refractivity contribution in [1.82, 2.24) is 9.97 Å². The fourth-order valence-electron chi connectivity index (χ4n) is 1.55. The Kier molecular flexibility index (Phi) is 4.46. The lowest BCUT2D eigenvalue weighted by atomic mass is 10.2. The van der Waals surface area contributed by atoms with Crippen LogP contribution in [0.4, 0.5) is 11.6 Å². The van der Waals surface area contributed by atoms with Crippen molar-refractivity contribution in [2.24, 2.45) is 0 Å². The third kappa shape index (κ3) is 3.29. The van der Waals surface area contributed by atoms with Crippen molar-refractivity contribution < 1.29 is 4.79 Å². The van der Waals surface area contributed by atoms with Gasteiger partial charge in [-0.05, 0) is 47.1 Å². The number of hydrogen-bond donors (Lipinski definition) is 2. The fraction of sp³-hybridized carbons (Fsp3) is 0.154. The van der Waals surface area contributed by atoms with Crippen LogP contribution in [-0.4, -0.2) is 22.4 Å². The van der Waals surface area contributed by atoms with Crippen LogP contribution in [0.2, 0.25) is 0 Å². The summed E-state index contributed by atoms with van der Waals surface area (Å²) in [5.74, 6) is 0.803. The number of anilines is 2. The van der Waals surface area contributed by atoms with Crippen LogP contribution in [0.3, 0.4) is 0 Å². The average Bonchev–Trinajstić information content (AvgIpc) is 2.42. The number of carbonyl (C=O) groups is 1. The molecule has 19 heavy (non-hydrogen) atoms. The van der Waals surface area contributed by atoms with E-state index in [4.69, 9.17) is 0 Å². The zero-order valence-electron chi connectivity index (χ0n) is 10.4. The van der Waals surface area contributed by atoms with Crippen LogP contribution < -0.4 is 10.6 Å². The zero-order valence-corrected chi connectivity index (χ0v) is 11.9. The van der Waals surface area contributed by atoms with Crippen molar-refractivity contribution in [3.63, 3.8) is 0 Å². The van der Waals surface area contributed by atoms with Crippen LogP contribution in [0, 0.1) is 0 Å². The maximum atomic E-state index is 12.2. The lowest BCUT2D eigenvalue weighted by Gasteiger charge is -2.10. The van der Waals surface area contributed by atoms with Gasteiger partial charge in [-0.15, -0.1) is 0 Å². The molecule has 2 heterocycles. The molecular formula is C13H13BrN4O. The van der Waals surface area contributed by atoms with E-state index in [0.717, 1.165) is 4.47 Å². The summed E-state index contributed by atoms with van der Waals surface area (Å²) in [4.78, 5) is 20.5. The minimum atomic E-state index is -0.247. The SMILES string of the molecule is CCNc1ncccc1C(=O)Nc1ncccc1Br. The van der Waals surface area contributed by atoms with E-state index in [0.29, 0.717) is 23.7 Å². The Labute approximate surface area is 119 Å². The van der Waals surface area contributed by atoms with Gasteiger partial charge in [0, 0.05) is 18.9 Å². The second-order valence-electron chi connectivity index (χ2n) is 3.72. The van der Waals surface area contributed by atoms with Crippen LogP contribution in [0.25, 0.3) is 0 Å². The standard InChI is InChI=1S/C13H13BrN4O/c1-2-15-11-9(5-3-7-16-11)13(19)18-12-10(14)6-4-8-17-12/h3-8H,2H2,1H3,(H,15,16)(H,17,18,19). The number of carbonyl (C=O) groups excluding carboxylic acids is 1. The monoisotopic (exact) mass is 320 g/mol. The van der Waals surface area contributed by atoms with E-state index >= 15 is 0 Å². The fourth-order valence-corrected chi connectivity index (χ4v) is 1.90. The molecular weight excluding hydrogens is 308 g/mol. The first-order valence-electron chi connectivity index (χ1n) is 5.83. The summed E-state index contributed by atoms with van der Waals surface area (Å²) in [5, 5.41) is 5.80. The highest BCUT2D eigenvalue weighted by atomic mass is 79.9. The van der Waals surface area contributed by atoms with E-state index in [2.05, 4.69) is 36.5 Å². The molecule has 0 aliphatic heterocycles. The zero-order chi connectivity index (χ0) is 13.7. The molecule has 2 aromatic rings. The molecule has 6 heteroatoms. The van der Waals surface area contributed by atoms with Crippen LogP contribution in [0.5, 0.6) is 0 Å². The van der Waals surface area contributed by atoms with E-state index in [9.17, 15) is 4.79 Å². The topological polar surface area (TPSA) is 66.9 Å². The van der Waals surface area contributed by atoms with Crippen LogP contribution in [0.15, 0.2) is 41.1 Å². The molecule has 0 fully saturated rings. The highest BCUT2D eigenvalue weighted by Crippen LogP contribution is 2.20. The molecule has 0 spiro atoms. The van der Waals surface area contributed by atoms with Gasteiger partial charge in [0.05, 0.1) is 10.0 Å². The largest absolute Gasteiger partial charge is 0.370 e. The second-order valence-corrected chi connectivity index (χ2v) is 4.57. The first kappa shape index (κ1) is 13.5. The summed E-state index contributed by atoms with van der Waals surface area (Å²) in [6, 6.07) is 7.05. The molecule has 1 amide bonds. The molecule has 2 rings (SSSR count). The molecule has 0 aliphatic rings. The first-order chi connectivity index (χ1) is 9.22. The number of halogens is 1. The molecule has 5 nitrogen and oxygen atoms in total. The first-order valence-corrected chi connectivity index (χ1v) is 6.62. The smallest absolute Gasteiger partial charge is 0.260 e.